The van der Waals surface area contributed by atoms with E-state index in [1.165, 1.54) is 5.69 Å². The van der Waals surface area contributed by atoms with Gasteiger partial charge in [0.25, 0.3) is 0 Å². The van der Waals surface area contributed by atoms with Crippen molar-refractivity contribution in [3.8, 4) is 0 Å². The van der Waals surface area contributed by atoms with Gasteiger partial charge in [-0.15, -0.1) is 0 Å². The summed E-state index contributed by atoms with van der Waals surface area (Å²) in [5.41, 5.74) is 1.26. The number of anilines is 1. The van der Waals surface area contributed by atoms with E-state index >= 15 is 0 Å². The first-order chi connectivity index (χ1) is 11.5. The highest BCUT2D eigenvalue weighted by Crippen LogP contribution is 2.11. The standard InChI is InChI=1S/C18H33N3O2S/c1-4-21(18-11-7-5-8-12-18)16-15-19-13-9-6-10-14-20-24(22,23)17(2)3/h5,7-8,11-12,17,19-20H,4,6,9-10,13-16H2,1-3H3. The second-order valence-electron chi connectivity index (χ2n) is 6.21. The second-order valence-corrected chi connectivity index (χ2v) is 8.54. The maximum absolute atomic E-state index is 11.6. The van der Waals surface area contributed by atoms with Crippen molar-refractivity contribution < 1.29 is 8.42 Å². The van der Waals surface area contributed by atoms with Crippen LogP contribution < -0.4 is 14.9 Å². The van der Waals surface area contributed by atoms with Crippen molar-refractivity contribution >= 4 is 15.7 Å². The number of hydrogen-bond acceptors (Lipinski definition) is 4. The summed E-state index contributed by atoms with van der Waals surface area (Å²) in [5, 5.41) is 3.11. The molecule has 0 bridgehead atoms. The molecular weight excluding hydrogens is 322 g/mol. The molecule has 0 unspecified atom stereocenters. The first-order valence-electron chi connectivity index (χ1n) is 8.96. The van der Waals surface area contributed by atoms with E-state index < -0.39 is 10.0 Å². The molecule has 0 saturated carbocycles. The molecule has 0 saturated heterocycles. The van der Waals surface area contributed by atoms with Gasteiger partial charge in [0.2, 0.25) is 10.0 Å². The molecule has 0 radical (unpaired) electrons. The van der Waals surface area contributed by atoms with Crippen molar-refractivity contribution in [3.05, 3.63) is 30.3 Å². The molecule has 0 fully saturated rings. The van der Waals surface area contributed by atoms with Crippen molar-refractivity contribution in [1.29, 1.82) is 0 Å². The average molecular weight is 356 g/mol. The number of unbranched alkanes of at least 4 members (excludes halogenated alkanes) is 2. The number of likely N-dealkylation sites (N-methyl/N-ethyl adjacent to an activating group) is 1. The Bertz CT molecular complexity index is 532. The summed E-state index contributed by atoms with van der Waals surface area (Å²) < 4.78 is 25.8. The average Bonchev–Trinajstić information content (AvgIpc) is 2.57. The molecule has 0 aromatic heterocycles. The zero-order valence-corrected chi connectivity index (χ0v) is 16.1. The Labute approximate surface area is 147 Å². The normalized spacial score (nSPS) is 11.8. The third-order valence-corrected chi connectivity index (χ3v) is 5.86. The van der Waals surface area contributed by atoms with Crippen LogP contribution in [0.25, 0.3) is 0 Å². The van der Waals surface area contributed by atoms with Gasteiger partial charge >= 0.3 is 0 Å². The van der Waals surface area contributed by atoms with Gasteiger partial charge < -0.3 is 10.2 Å². The molecule has 24 heavy (non-hydrogen) atoms. The molecule has 0 aliphatic carbocycles. The van der Waals surface area contributed by atoms with E-state index in [0.717, 1.165) is 45.4 Å². The summed E-state index contributed by atoms with van der Waals surface area (Å²) >= 11 is 0. The number of benzene rings is 1. The molecule has 5 nitrogen and oxygen atoms in total. The van der Waals surface area contributed by atoms with Crippen LogP contribution in [-0.4, -0.2) is 46.4 Å². The molecule has 0 atom stereocenters. The monoisotopic (exact) mass is 355 g/mol. The quantitative estimate of drug-likeness (QED) is 0.534. The van der Waals surface area contributed by atoms with Gasteiger partial charge in [0.15, 0.2) is 0 Å². The van der Waals surface area contributed by atoms with E-state index in [2.05, 4.69) is 46.1 Å². The maximum atomic E-state index is 11.6. The van der Waals surface area contributed by atoms with Crippen LogP contribution in [-0.2, 0) is 10.0 Å². The van der Waals surface area contributed by atoms with Gasteiger partial charge in [-0.05, 0) is 52.3 Å². The Hall–Kier alpha value is -1.11. The van der Waals surface area contributed by atoms with Gasteiger partial charge in [-0.25, -0.2) is 13.1 Å². The van der Waals surface area contributed by atoms with Crippen molar-refractivity contribution in [3.63, 3.8) is 0 Å². The molecule has 1 rings (SSSR count). The zero-order chi connectivity index (χ0) is 17.8. The van der Waals surface area contributed by atoms with Crippen LogP contribution >= 0.6 is 0 Å². The number of nitrogens with one attached hydrogen (secondary N) is 2. The van der Waals surface area contributed by atoms with Gasteiger partial charge in [0.05, 0.1) is 5.25 Å². The maximum Gasteiger partial charge on any atom is 0.213 e. The Kier molecular flexibility index (Phi) is 9.98. The summed E-state index contributed by atoms with van der Waals surface area (Å²) in [5.74, 6) is 0. The Morgan fingerprint density at radius 2 is 1.67 bits per heavy atom. The molecule has 2 N–H and O–H groups in total. The highest BCUT2D eigenvalue weighted by atomic mass is 32.2. The first-order valence-corrected chi connectivity index (χ1v) is 10.5. The topological polar surface area (TPSA) is 61.4 Å². The second kappa shape index (κ2) is 11.4. The summed E-state index contributed by atoms with van der Waals surface area (Å²) in [6, 6.07) is 10.5. The highest BCUT2D eigenvalue weighted by Gasteiger charge is 2.13. The lowest BCUT2D eigenvalue weighted by atomic mass is 10.2. The van der Waals surface area contributed by atoms with Crippen LogP contribution in [0.1, 0.15) is 40.0 Å². The smallest absolute Gasteiger partial charge is 0.213 e. The predicted molar refractivity (Wildman–Crippen MR) is 103 cm³/mol. The molecular formula is C18H33N3O2S. The minimum absolute atomic E-state index is 0.356. The predicted octanol–water partition coefficient (Wildman–Crippen LogP) is 2.60. The summed E-state index contributed by atoms with van der Waals surface area (Å²) in [6.45, 7) is 10.0. The van der Waals surface area contributed by atoms with Crippen LogP contribution in [0.4, 0.5) is 5.69 Å². The first kappa shape index (κ1) is 20.9. The molecule has 1 aromatic rings. The Balaban J connectivity index is 2.04. The lowest BCUT2D eigenvalue weighted by molar-refractivity contribution is 0.560. The largest absolute Gasteiger partial charge is 0.371 e. The number of hydrogen-bond donors (Lipinski definition) is 2. The van der Waals surface area contributed by atoms with Crippen LogP contribution in [0.2, 0.25) is 0 Å². The summed E-state index contributed by atoms with van der Waals surface area (Å²) in [4.78, 5) is 2.35. The van der Waals surface area contributed by atoms with E-state index in [-0.39, 0.29) is 5.25 Å². The molecule has 0 aliphatic rings. The lowest BCUT2D eigenvalue weighted by Crippen LogP contribution is -2.32. The van der Waals surface area contributed by atoms with Crippen molar-refractivity contribution in [2.45, 2.75) is 45.3 Å². The van der Waals surface area contributed by atoms with E-state index in [4.69, 9.17) is 0 Å². The van der Waals surface area contributed by atoms with Crippen LogP contribution in [0.5, 0.6) is 0 Å². The SMILES string of the molecule is CCN(CCNCCCCCNS(=O)(=O)C(C)C)c1ccccc1. The van der Waals surface area contributed by atoms with E-state index in [0.29, 0.717) is 6.54 Å². The number of nitrogens with zero attached hydrogens (tertiary/aromatic N) is 1. The van der Waals surface area contributed by atoms with Gasteiger partial charge in [-0.2, -0.15) is 0 Å². The summed E-state index contributed by atoms with van der Waals surface area (Å²) in [7, 11) is -3.11. The molecule has 6 heteroatoms. The van der Waals surface area contributed by atoms with E-state index in [1.54, 1.807) is 13.8 Å². The van der Waals surface area contributed by atoms with Crippen molar-refractivity contribution in [2.24, 2.45) is 0 Å². The fraction of sp³-hybridized carbons (Fsp3) is 0.667. The van der Waals surface area contributed by atoms with Gasteiger partial charge in [0.1, 0.15) is 0 Å². The molecule has 0 aliphatic heterocycles. The van der Waals surface area contributed by atoms with E-state index in [1.807, 2.05) is 6.07 Å². The van der Waals surface area contributed by atoms with Crippen LogP contribution in [0, 0.1) is 0 Å². The third kappa shape index (κ3) is 8.13. The molecule has 1 aromatic carbocycles. The molecule has 0 spiro atoms. The van der Waals surface area contributed by atoms with Crippen molar-refractivity contribution in [1.82, 2.24) is 10.0 Å². The minimum atomic E-state index is -3.11. The van der Waals surface area contributed by atoms with Crippen LogP contribution in [0.3, 0.4) is 0 Å². The molecule has 0 amide bonds. The van der Waals surface area contributed by atoms with Crippen LogP contribution in [0.15, 0.2) is 30.3 Å². The third-order valence-electron chi connectivity index (χ3n) is 4.02. The zero-order valence-electron chi connectivity index (χ0n) is 15.3. The van der Waals surface area contributed by atoms with Gasteiger partial charge in [-0.1, -0.05) is 24.6 Å². The molecule has 0 heterocycles. The Morgan fingerprint density at radius 1 is 1.00 bits per heavy atom. The molecule has 138 valence electrons. The number of para-hydroxylation sites is 1. The highest BCUT2D eigenvalue weighted by molar-refractivity contribution is 7.90. The fourth-order valence-corrected chi connectivity index (χ4v) is 3.14. The van der Waals surface area contributed by atoms with Crippen molar-refractivity contribution in [2.75, 3.05) is 37.6 Å². The van der Waals surface area contributed by atoms with E-state index in [9.17, 15) is 8.42 Å². The minimum Gasteiger partial charge on any atom is -0.371 e. The summed E-state index contributed by atoms with van der Waals surface area (Å²) in [6.07, 6.45) is 2.99. The van der Waals surface area contributed by atoms with Gasteiger partial charge in [0, 0.05) is 31.9 Å². The number of rotatable bonds is 13. The lowest BCUT2D eigenvalue weighted by Gasteiger charge is -2.23. The Morgan fingerprint density at radius 3 is 2.29 bits per heavy atom. The number of sulfonamides is 1. The van der Waals surface area contributed by atoms with Gasteiger partial charge in [-0.3, -0.25) is 0 Å². The fourth-order valence-electron chi connectivity index (χ4n) is 2.38.